The average Bonchev–Trinajstić information content (AvgIpc) is 2.64. The minimum atomic E-state index is 0.110. The maximum atomic E-state index is 12.0. The summed E-state index contributed by atoms with van der Waals surface area (Å²) in [6.45, 7) is 8.26. The molecular weight excluding hydrogens is 274 g/mol. The Labute approximate surface area is 137 Å². The topological polar surface area (TPSA) is 46.2 Å². The molecule has 0 saturated heterocycles. The maximum Gasteiger partial charge on any atom is 0.223 e. The van der Waals surface area contributed by atoms with Crippen molar-refractivity contribution in [3.63, 3.8) is 0 Å². The van der Waals surface area contributed by atoms with Crippen molar-refractivity contribution in [3.8, 4) is 0 Å². The second-order valence-electron chi connectivity index (χ2n) is 5.85. The molecule has 0 atom stereocenters. The number of carbonyl (C=O) groups excluding carboxylic acids is 2. The molecule has 0 aliphatic heterocycles. The molecule has 2 rings (SSSR count). The highest BCUT2D eigenvalue weighted by Gasteiger charge is 2.24. The van der Waals surface area contributed by atoms with Crippen LogP contribution >= 0.6 is 0 Å². The van der Waals surface area contributed by atoms with Crippen LogP contribution in [-0.2, 0) is 9.59 Å². The van der Waals surface area contributed by atoms with E-state index in [2.05, 4.69) is 5.32 Å². The summed E-state index contributed by atoms with van der Waals surface area (Å²) < 4.78 is 0. The van der Waals surface area contributed by atoms with E-state index in [1.54, 1.807) is 0 Å². The SMILES string of the molecule is CC.CC.O=C(CNC(=O)C1CCCCC1)C1CCCCC1. The average molecular weight is 312 g/mol. The van der Waals surface area contributed by atoms with Gasteiger partial charge in [-0.25, -0.2) is 0 Å². The van der Waals surface area contributed by atoms with Gasteiger partial charge in [0.25, 0.3) is 0 Å². The zero-order valence-corrected chi connectivity index (χ0v) is 15.2. The minimum Gasteiger partial charge on any atom is -0.349 e. The molecule has 3 heteroatoms. The first kappa shape index (κ1) is 21.1. The Morgan fingerprint density at radius 2 is 1.14 bits per heavy atom. The van der Waals surface area contributed by atoms with E-state index < -0.39 is 0 Å². The number of rotatable bonds is 4. The van der Waals surface area contributed by atoms with Gasteiger partial charge in [0, 0.05) is 11.8 Å². The third-order valence-corrected chi connectivity index (χ3v) is 4.47. The van der Waals surface area contributed by atoms with Crippen LogP contribution in [0, 0.1) is 11.8 Å². The molecule has 0 aromatic carbocycles. The van der Waals surface area contributed by atoms with Gasteiger partial charge in [-0.1, -0.05) is 66.2 Å². The molecule has 130 valence electrons. The van der Waals surface area contributed by atoms with Gasteiger partial charge >= 0.3 is 0 Å². The zero-order valence-electron chi connectivity index (χ0n) is 15.2. The third kappa shape index (κ3) is 7.95. The minimum absolute atomic E-state index is 0.110. The molecule has 2 aliphatic rings. The molecule has 0 bridgehead atoms. The van der Waals surface area contributed by atoms with Gasteiger partial charge in [0.15, 0.2) is 5.78 Å². The summed E-state index contributed by atoms with van der Waals surface area (Å²) in [4.78, 5) is 23.9. The first-order chi connectivity index (χ1) is 10.8. The largest absolute Gasteiger partial charge is 0.349 e. The first-order valence-electron chi connectivity index (χ1n) is 9.58. The van der Waals surface area contributed by atoms with Gasteiger partial charge in [-0.05, 0) is 25.7 Å². The van der Waals surface area contributed by atoms with E-state index in [0.717, 1.165) is 38.5 Å². The van der Waals surface area contributed by atoms with Crippen molar-refractivity contribution in [2.24, 2.45) is 11.8 Å². The Kier molecular flexibility index (Phi) is 13.2. The lowest BCUT2D eigenvalue weighted by Crippen LogP contribution is -2.37. The maximum absolute atomic E-state index is 12.0. The van der Waals surface area contributed by atoms with E-state index in [-0.39, 0.29) is 30.1 Å². The molecule has 1 N–H and O–H groups in total. The summed E-state index contributed by atoms with van der Waals surface area (Å²) in [6, 6.07) is 0. The Hall–Kier alpha value is -0.860. The van der Waals surface area contributed by atoms with Crippen LogP contribution in [0.5, 0.6) is 0 Å². The van der Waals surface area contributed by atoms with E-state index in [1.165, 1.54) is 25.7 Å². The fourth-order valence-electron chi connectivity index (χ4n) is 3.25. The van der Waals surface area contributed by atoms with Crippen molar-refractivity contribution in [3.05, 3.63) is 0 Å². The van der Waals surface area contributed by atoms with Crippen molar-refractivity contribution >= 4 is 11.7 Å². The lowest BCUT2D eigenvalue weighted by molar-refractivity contribution is -0.130. The molecule has 2 saturated carbocycles. The van der Waals surface area contributed by atoms with E-state index >= 15 is 0 Å². The monoisotopic (exact) mass is 311 g/mol. The summed E-state index contributed by atoms with van der Waals surface area (Å²) in [5.41, 5.74) is 0. The van der Waals surface area contributed by atoms with Gasteiger partial charge in [-0.2, -0.15) is 0 Å². The molecule has 2 fully saturated rings. The highest BCUT2D eigenvalue weighted by Crippen LogP contribution is 2.25. The van der Waals surface area contributed by atoms with Crippen molar-refractivity contribution in [1.82, 2.24) is 5.32 Å². The Morgan fingerprint density at radius 3 is 1.59 bits per heavy atom. The second-order valence-corrected chi connectivity index (χ2v) is 5.85. The predicted molar refractivity (Wildman–Crippen MR) is 93.9 cm³/mol. The van der Waals surface area contributed by atoms with Gasteiger partial charge in [0.2, 0.25) is 5.91 Å². The second kappa shape index (κ2) is 13.8. The van der Waals surface area contributed by atoms with E-state index in [1.807, 2.05) is 27.7 Å². The number of hydrogen-bond acceptors (Lipinski definition) is 2. The fourth-order valence-corrected chi connectivity index (χ4v) is 3.25. The van der Waals surface area contributed by atoms with Crippen LogP contribution in [0.15, 0.2) is 0 Å². The van der Waals surface area contributed by atoms with Crippen LogP contribution < -0.4 is 5.32 Å². The summed E-state index contributed by atoms with van der Waals surface area (Å²) in [5.74, 6) is 0.737. The van der Waals surface area contributed by atoms with Gasteiger partial charge in [-0.15, -0.1) is 0 Å². The van der Waals surface area contributed by atoms with Gasteiger partial charge in [0.1, 0.15) is 0 Å². The van der Waals surface area contributed by atoms with Crippen molar-refractivity contribution < 1.29 is 9.59 Å². The molecule has 0 aromatic heterocycles. The number of ketones is 1. The normalized spacial score (nSPS) is 19.1. The highest BCUT2D eigenvalue weighted by molar-refractivity contribution is 5.88. The van der Waals surface area contributed by atoms with Crippen LogP contribution in [0.2, 0.25) is 0 Å². The molecule has 0 aromatic rings. The summed E-state index contributed by atoms with van der Waals surface area (Å²) in [7, 11) is 0. The first-order valence-corrected chi connectivity index (χ1v) is 9.58. The van der Waals surface area contributed by atoms with E-state index in [0.29, 0.717) is 0 Å². The molecule has 2 aliphatic carbocycles. The number of Topliss-reactive ketones (excluding diaryl/α,β-unsaturated/α-hetero) is 1. The highest BCUT2D eigenvalue weighted by atomic mass is 16.2. The third-order valence-electron chi connectivity index (χ3n) is 4.47. The van der Waals surface area contributed by atoms with Crippen LogP contribution in [0.25, 0.3) is 0 Å². The molecule has 0 radical (unpaired) electrons. The molecule has 0 spiro atoms. The van der Waals surface area contributed by atoms with Gasteiger partial charge < -0.3 is 5.32 Å². The van der Waals surface area contributed by atoms with Gasteiger partial charge in [-0.3, -0.25) is 9.59 Å². The van der Waals surface area contributed by atoms with Crippen molar-refractivity contribution in [2.45, 2.75) is 91.9 Å². The zero-order chi connectivity index (χ0) is 16.8. The number of hydrogen-bond donors (Lipinski definition) is 1. The number of carbonyl (C=O) groups is 2. The number of nitrogens with one attached hydrogen (secondary N) is 1. The van der Waals surface area contributed by atoms with E-state index in [4.69, 9.17) is 0 Å². The Bertz CT molecular complexity index is 260. The standard InChI is InChI=1S/C15H25NO2.2C2H6/c17-14(12-7-3-1-4-8-12)11-16-15(18)13-9-5-2-6-10-13;2*1-2/h12-13H,1-11H2,(H,16,18);2*1-2H3. The lowest BCUT2D eigenvalue weighted by Gasteiger charge is -2.23. The summed E-state index contributed by atoms with van der Waals surface area (Å²) in [5, 5.41) is 2.86. The molecule has 3 nitrogen and oxygen atoms in total. The number of amides is 1. The Balaban J connectivity index is 0.00000102. The molecule has 0 heterocycles. The molecule has 1 amide bonds. The van der Waals surface area contributed by atoms with Gasteiger partial charge in [0.05, 0.1) is 6.54 Å². The van der Waals surface area contributed by atoms with Crippen LogP contribution in [0.3, 0.4) is 0 Å². The molecular formula is C19H37NO2. The summed E-state index contributed by atoms with van der Waals surface area (Å²) in [6.07, 6.45) is 11.2. The van der Waals surface area contributed by atoms with Crippen molar-refractivity contribution in [1.29, 1.82) is 0 Å². The lowest BCUT2D eigenvalue weighted by atomic mass is 9.86. The Morgan fingerprint density at radius 1 is 0.727 bits per heavy atom. The molecule has 22 heavy (non-hydrogen) atoms. The predicted octanol–water partition coefficient (Wildman–Crippen LogP) is 4.88. The van der Waals surface area contributed by atoms with Crippen LogP contribution in [-0.4, -0.2) is 18.2 Å². The smallest absolute Gasteiger partial charge is 0.223 e. The summed E-state index contributed by atoms with van der Waals surface area (Å²) >= 11 is 0. The van der Waals surface area contributed by atoms with Crippen molar-refractivity contribution in [2.75, 3.05) is 6.54 Å². The van der Waals surface area contributed by atoms with Crippen LogP contribution in [0.4, 0.5) is 0 Å². The van der Waals surface area contributed by atoms with Crippen LogP contribution in [0.1, 0.15) is 91.9 Å². The fraction of sp³-hybridized carbons (Fsp3) is 0.895. The quantitative estimate of drug-likeness (QED) is 0.804. The van der Waals surface area contributed by atoms with E-state index in [9.17, 15) is 9.59 Å². The molecule has 0 unspecified atom stereocenters.